The number of rotatable bonds is 4. The second-order valence-electron chi connectivity index (χ2n) is 6.45. The first-order valence-electron chi connectivity index (χ1n) is 8.24. The van der Waals surface area contributed by atoms with Crippen LogP contribution in [-0.4, -0.2) is 56.5 Å². The third-order valence-electron chi connectivity index (χ3n) is 5.12. The molecule has 0 aliphatic carbocycles. The van der Waals surface area contributed by atoms with Gasteiger partial charge in [-0.25, -0.2) is 27.5 Å². The van der Waals surface area contributed by atoms with Gasteiger partial charge in [-0.1, -0.05) is 0 Å². The maximum atomic E-state index is 13.0. The van der Waals surface area contributed by atoms with Gasteiger partial charge in [0.15, 0.2) is 5.82 Å². The number of aromatic nitrogens is 2. The van der Waals surface area contributed by atoms with E-state index in [0.717, 1.165) is 32.4 Å². The first-order valence-corrected chi connectivity index (χ1v) is 9.90. The molecule has 24 heavy (non-hydrogen) atoms. The summed E-state index contributed by atoms with van der Waals surface area (Å²) >= 11 is 0. The number of ether oxygens (including phenoxy) is 1. The molecule has 0 unspecified atom stereocenters. The summed E-state index contributed by atoms with van der Waals surface area (Å²) in [6.07, 6.45) is 4.82. The average molecular weight is 358 g/mol. The summed E-state index contributed by atoms with van der Waals surface area (Å²) in [6.45, 7) is 4.13. The van der Waals surface area contributed by atoms with Crippen LogP contribution < -0.4 is 9.62 Å². The number of hydrogen-bond acceptors (Lipinski definition) is 6. The predicted octanol–water partition coefficient (Wildman–Crippen LogP) is 0.930. The van der Waals surface area contributed by atoms with Crippen LogP contribution in [-0.2, 0) is 14.8 Å². The van der Waals surface area contributed by atoms with Gasteiger partial charge in [0.2, 0.25) is 16.0 Å². The quantitative estimate of drug-likeness (QED) is 0.862. The van der Waals surface area contributed by atoms with Crippen LogP contribution in [0.3, 0.4) is 0 Å². The van der Waals surface area contributed by atoms with E-state index in [1.54, 1.807) is 6.92 Å². The largest absolute Gasteiger partial charge is 0.380 e. The minimum atomic E-state index is -3.27. The molecule has 3 heterocycles. The van der Waals surface area contributed by atoms with Crippen molar-refractivity contribution in [2.45, 2.75) is 32.2 Å². The van der Waals surface area contributed by atoms with Crippen molar-refractivity contribution < 1.29 is 17.5 Å². The van der Waals surface area contributed by atoms with Gasteiger partial charge in [0.1, 0.15) is 0 Å². The van der Waals surface area contributed by atoms with Crippen molar-refractivity contribution in [2.24, 2.45) is 5.41 Å². The van der Waals surface area contributed by atoms with Gasteiger partial charge in [-0.3, -0.25) is 0 Å². The maximum absolute atomic E-state index is 13.0. The number of halogens is 1. The van der Waals surface area contributed by atoms with Crippen molar-refractivity contribution in [3.63, 3.8) is 0 Å². The molecule has 0 bridgehead atoms. The molecule has 1 atom stereocenters. The minimum absolute atomic E-state index is 0.0646. The molecule has 1 aromatic rings. The van der Waals surface area contributed by atoms with Crippen LogP contribution in [0.1, 0.15) is 26.2 Å². The molecular formula is C15H23FN4O3S. The van der Waals surface area contributed by atoms with Gasteiger partial charge in [-0.2, -0.15) is 0 Å². The molecular weight excluding hydrogens is 335 g/mol. The lowest BCUT2D eigenvalue weighted by molar-refractivity contribution is -0.0234. The SMILES string of the molecule is CCS(=O)(=O)N[C@@H]1COCCC12CCN(c1ncc(F)cn1)CC2. The molecule has 9 heteroatoms. The highest BCUT2D eigenvalue weighted by Gasteiger charge is 2.45. The van der Waals surface area contributed by atoms with Crippen LogP contribution in [0.5, 0.6) is 0 Å². The van der Waals surface area contributed by atoms with Crippen LogP contribution in [0.2, 0.25) is 0 Å². The normalized spacial score (nSPS) is 24.2. The second-order valence-corrected chi connectivity index (χ2v) is 8.49. The van der Waals surface area contributed by atoms with Crippen molar-refractivity contribution in [1.29, 1.82) is 0 Å². The Balaban J connectivity index is 1.70. The molecule has 0 amide bonds. The first-order chi connectivity index (χ1) is 11.4. The van der Waals surface area contributed by atoms with E-state index in [9.17, 15) is 12.8 Å². The number of nitrogens with one attached hydrogen (secondary N) is 1. The summed E-state index contributed by atoms with van der Waals surface area (Å²) < 4.78 is 45.2. The van der Waals surface area contributed by atoms with Gasteiger partial charge >= 0.3 is 0 Å². The van der Waals surface area contributed by atoms with E-state index in [4.69, 9.17) is 4.74 Å². The fraction of sp³-hybridized carbons (Fsp3) is 0.733. The van der Waals surface area contributed by atoms with Gasteiger partial charge in [0.05, 0.1) is 30.8 Å². The van der Waals surface area contributed by atoms with Gasteiger partial charge in [0.25, 0.3) is 0 Å². The average Bonchev–Trinajstić information content (AvgIpc) is 2.59. The maximum Gasteiger partial charge on any atom is 0.225 e. The Morgan fingerprint density at radius 2 is 2.00 bits per heavy atom. The standard InChI is InChI=1S/C15H23FN4O3S/c1-2-24(21,22)19-13-11-23-8-5-15(13)3-6-20(7-4-15)14-17-9-12(16)10-18-14/h9-10,13,19H,2-8,11H2,1H3/t13-/m1/s1. The van der Waals surface area contributed by atoms with E-state index < -0.39 is 15.8 Å². The summed E-state index contributed by atoms with van der Waals surface area (Å²) in [5.41, 5.74) is -0.100. The molecule has 0 radical (unpaired) electrons. The van der Waals surface area contributed by atoms with Crippen LogP contribution in [0.25, 0.3) is 0 Å². The number of anilines is 1. The predicted molar refractivity (Wildman–Crippen MR) is 87.7 cm³/mol. The summed E-state index contributed by atoms with van der Waals surface area (Å²) in [4.78, 5) is 10.1. The van der Waals surface area contributed by atoms with E-state index in [1.807, 2.05) is 4.90 Å². The third-order valence-corrected chi connectivity index (χ3v) is 6.52. The van der Waals surface area contributed by atoms with Crippen molar-refractivity contribution in [2.75, 3.05) is 37.0 Å². The van der Waals surface area contributed by atoms with E-state index in [1.165, 1.54) is 12.4 Å². The Labute approximate surface area is 141 Å². The molecule has 0 saturated carbocycles. The molecule has 2 saturated heterocycles. The number of hydrogen-bond donors (Lipinski definition) is 1. The Bertz CT molecular complexity index is 660. The number of sulfonamides is 1. The summed E-state index contributed by atoms with van der Waals surface area (Å²) in [5.74, 6) is 0.129. The molecule has 1 N–H and O–H groups in total. The molecule has 2 aliphatic heterocycles. The van der Waals surface area contributed by atoms with Gasteiger partial charge in [-0.15, -0.1) is 0 Å². The van der Waals surface area contributed by atoms with E-state index in [-0.39, 0.29) is 17.2 Å². The highest BCUT2D eigenvalue weighted by atomic mass is 32.2. The smallest absolute Gasteiger partial charge is 0.225 e. The van der Waals surface area contributed by atoms with Crippen molar-refractivity contribution in [1.82, 2.24) is 14.7 Å². The van der Waals surface area contributed by atoms with Crippen molar-refractivity contribution in [3.05, 3.63) is 18.2 Å². The van der Waals surface area contributed by atoms with E-state index in [2.05, 4.69) is 14.7 Å². The molecule has 3 rings (SSSR count). The highest BCUT2D eigenvalue weighted by Crippen LogP contribution is 2.41. The van der Waals surface area contributed by atoms with Crippen molar-refractivity contribution >= 4 is 16.0 Å². The van der Waals surface area contributed by atoms with Crippen LogP contribution >= 0.6 is 0 Å². The third kappa shape index (κ3) is 3.68. The lowest BCUT2D eigenvalue weighted by Crippen LogP contribution is -2.57. The topological polar surface area (TPSA) is 84.4 Å². The zero-order valence-corrected chi connectivity index (χ0v) is 14.6. The molecule has 1 aromatic heterocycles. The first kappa shape index (κ1) is 17.5. The molecule has 7 nitrogen and oxygen atoms in total. The number of piperidine rings is 1. The van der Waals surface area contributed by atoms with E-state index in [0.29, 0.717) is 19.2 Å². The minimum Gasteiger partial charge on any atom is -0.380 e. The monoisotopic (exact) mass is 358 g/mol. The lowest BCUT2D eigenvalue weighted by Gasteiger charge is -2.48. The Hall–Kier alpha value is -1.32. The lowest BCUT2D eigenvalue weighted by atomic mass is 9.69. The summed E-state index contributed by atoms with van der Waals surface area (Å²) in [5, 5.41) is 0. The fourth-order valence-corrected chi connectivity index (χ4v) is 4.42. The van der Waals surface area contributed by atoms with Gasteiger partial charge in [0, 0.05) is 19.7 Å². The Morgan fingerprint density at radius 3 is 2.62 bits per heavy atom. The van der Waals surface area contributed by atoms with E-state index >= 15 is 0 Å². The van der Waals surface area contributed by atoms with Gasteiger partial charge in [-0.05, 0) is 31.6 Å². The molecule has 134 valence electrons. The molecule has 0 aromatic carbocycles. The van der Waals surface area contributed by atoms with Gasteiger partial charge < -0.3 is 9.64 Å². The van der Waals surface area contributed by atoms with Crippen LogP contribution in [0.15, 0.2) is 12.4 Å². The van der Waals surface area contributed by atoms with Crippen LogP contribution in [0, 0.1) is 11.2 Å². The molecule has 2 fully saturated rings. The Morgan fingerprint density at radius 1 is 1.33 bits per heavy atom. The van der Waals surface area contributed by atoms with Crippen molar-refractivity contribution in [3.8, 4) is 0 Å². The van der Waals surface area contributed by atoms with Crippen LogP contribution in [0.4, 0.5) is 10.3 Å². The molecule has 2 aliphatic rings. The Kier molecular flexibility index (Phi) is 5.03. The fourth-order valence-electron chi connectivity index (χ4n) is 3.51. The second kappa shape index (κ2) is 6.89. The zero-order chi connectivity index (χ0) is 17.2. The highest BCUT2D eigenvalue weighted by molar-refractivity contribution is 7.89. The number of nitrogens with zero attached hydrogens (tertiary/aromatic N) is 3. The molecule has 1 spiro atoms. The summed E-state index contributed by atoms with van der Waals surface area (Å²) in [6, 6.07) is -0.201. The zero-order valence-electron chi connectivity index (χ0n) is 13.7. The summed E-state index contributed by atoms with van der Waals surface area (Å²) in [7, 11) is -3.27.